The van der Waals surface area contributed by atoms with Gasteiger partial charge in [0.15, 0.2) is 11.6 Å². The maximum Gasteiger partial charge on any atom is 0.412 e. The smallest absolute Gasteiger partial charge is 0.412 e. The van der Waals surface area contributed by atoms with Crippen LogP contribution in [0.2, 0.25) is 0 Å². The van der Waals surface area contributed by atoms with Gasteiger partial charge in [0.2, 0.25) is 0 Å². The van der Waals surface area contributed by atoms with Crippen LogP contribution in [-0.4, -0.2) is 89.3 Å². The minimum absolute atomic E-state index is 0.00650. The zero-order valence-corrected chi connectivity index (χ0v) is 29.2. The van der Waals surface area contributed by atoms with Gasteiger partial charge >= 0.3 is 12.1 Å². The summed E-state index contributed by atoms with van der Waals surface area (Å²) >= 11 is 0.832. The summed E-state index contributed by atoms with van der Waals surface area (Å²) in [4.78, 5) is 30.6. The van der Waals surface area contributed by atoms with Gasteiger partial charge in [-0.15, -0.1) is 11.3 Å². The summed E-state index contributed by atoms with van der Waals surface area (Å²) in [5.74, 6) is -1.04. The van der Waals surface area contributed by atoms with E-state index in [0.717, 1.165) is 36.9 Å². The van der Waals surface area contributed by atoms with Gasteiger partial charge < -0.3 is 23.8 Å². The van der Waals surface area contributed by atoms with Crippen LogP contribution in [0.5, 0.6) is 6.01 Å². The molecule has 1 amide bonds. The van der Waals surface area contributed by atoms with Crippen molar-refractivity contribution in [1.29, 1.82) is 5.26 Å². The number of carbonyl (C=O) groups is 1. The first-order valence-corrected chi connectivity index (χ1v) is 17.8. The fourth-order valence-electron chi connectivity index (χ4n) is 7.81. The number of thiophene rings is 1. The number of halogens is 3. The van der Waals surface area contributed by atoms with E-state index < -0.39 is 35.0 Å². The van der Waals surface area contributed by atoms with Gasteiger partial charge in [0, 0.05) is 37.0 Å². The molecular weight excluding hydrogens is 687 g/mol. The Hall–Kier alpha value is -4.30. The van der Waals surface area contributed by atoms with Crippen molar-refractivity contribution < 1.29 is 36.9 Å². The van der Waals surface area contributed by atoms with Gasteiger partial charge in [-0.3, -0.25) is 15.2 Å². The van der Waals surface area contributed by atoms with Crippen molar-refractivity contribution in [2.45, 2.75) is 70.6 Å². The lowest BCUT2D eigenvalue weighted by molar-refractivity contribution is 0.0636. The van der Waals surface area contributed by atoms with E-state index in [1.165, 1.54) is 0 Å². The standard InChI is InChI=1S/C35H36F3N7O5S/c1-34(2,3)50-33(46)43-31-19(12-39)24-27(40-13-22(37)29(24)51-31)23-20-15-48-16-21(20)25-28(26(23)38)41-32(42-30(25)44-7-9-47-10-8-44)49-17-35-5-4-6-45(35)14-18(36)11-35/h13,18H,4-11,14-17H2,1-3H3,(H,43,46)/t18-,35+/m1/s1. The first-order chi connectivity index (χ1) is 24.5. The molecule has 0 aliphatic carbocycles. The second-order valence-electron chi connectivity index (χ2n) is 14.4. The normalized spacial score (nSPS) is 22.0. The zero-order valence-electron chi connectivity index (χ0n) is 28.4. The molecule has 0 saturated carbocycles. The molecule has 7 heterocycles. The third kappa shape index (κ3) is 5.89. The number of alkyl halides is 1. The summed E-state index contributed by atoms with van der Waals surface area (Å²) in [6.07, 6.45) is 1.25. The Morgan fingerprint density at radius 3 is 2.71 bits per heavy atom. The number of amides is 1. The van der Waals surface area contributed by atoms with Crippen LogP contribution in [0.4, 0.5) is 28.8 Å². The van der Waals surface area contributed by atoms with E-state index in [-0.39, 0.29) is 63.3 Å². The summed E-state index contributed by atoms with van der Waals surface area (Å²) in [6, 6.07) is 2.01. The first-order valence-electron chi connectivity index (χ1n) is 16.9. The second kappa shape index (κ2) is 12.7. The quantitative estimate of drug-likeness (QED) is 0.243. The molecule has 8 rings (SSSR count). The van der Waals surface area contributed by atoms with Crippen LogP contribution in [0.15, 0.2) is 6.20 Å². The Bertz CT molecular complexity index is 2110. The van der Waals surface area contributed by atoms with Crippen LogP contribution in [0.1, 0.15) is 56.7 Å². The second-order valence-corrected chi connectivity index (χ2v) is 15.4. The van der Waals surface area contributed by atoms with Gasteiger partial charge in [0.1, 0.15) is 40.8 Å². The van der Waals surface area contributed by atoms with E-state index >= 15 is 8.78 Å². The number of hydrogen-bond donors (Lipinski definition) is 1. The Labute approximate surface area is 295 Å². The molecule has 3 aromatic heterocycles. The SMILES string of the molecule is CC(C)(C)OC(=O)Nc1sc2c(F)cnc(-c3c4c(c5c(N6CCOCC6)nc(OC[C@@]67CCCN6C[C@H](F)C7)nc5c3F)COC4)c2c1C#N. The molecule has 1 aromatic carbocycles. The average molecular weight is 724 g/mol. The lowest BCUT2D eigenvalue weighted by atomic mass is 9.93. The summed E-state index contributed by atoms with van der Waals surface area (Å²) in [7, 11) is 0. The monoisotopic (exact) mass is 723 g/mol. The van der Waals surface area contributed by atoms with Crippen LogP contribution < -0.4 is 15.0 Å². The van der Waals surface area contributed by atoms with E-state index in [4.69, 9.17) is 23.9 Å². The van der Waals surface area contributed by atoms with E-state index in [1.54, 1.807) is 20.8 Å². The predicted molar refractivity (Wildman–Crippen MR) is 183 cm³/mol. The fraction of sp³-hybridized carbons (Fsp3) is 0.514. The average Bonchev–Trinajstić information content (AvgIpc) is 3.86. The number of carbonyl (C=O) groups excluding carboxylic acids is 1. The molecule has 3 saturated heterocycles. The van der Waals surface area contributed by atoms with Gasteiger partial charge in [0.05, 0.1) is 59.5 Å². The summed E-state index contributed by atoms with van der Waals surface area (Å²) in [5.41, 5.74) is -0.299. The highest BCUT2D eigenvalue weighted by Crippen LogP contribution is 2.48. The number of aromatic nitrogens is 3. The molecule has 4 aliphatic heterocycles. The van der Waals surface area contributed by atoms with Gasteiger partial charge in [0.25, 0.3) is 0 Å². The van der Waals surface area contributed by atoms with E-state index in [2.05, 4.69) is 26.3 Å². The molecule has 2 atom stereocenters. The molecule has 0 radical (unpaired) electrons. The van der Waals surface area contributed by atoms with Crippen LogP contribution >= 0.6 is 11.3 Å². The van der Waals surface area contributed by atoms with Crippen molar-refractivity contribution in [3.8, 4) is 23.3 Å². The summed E-state index contributed by atoms with van der Waals surface area (Å²) in [6.45, 7) is 8.41. The summed E-state index contributed by atoms with van der Waals surface area (Å²) in [5, 5.41) is 13.4. The Morgan fingerprint density at radius 2 is 1.94 bits per heavy atom. The molecule has 4 aliphatic rings. The molecule has 16 heteroatoms. The number of hydrogen-bond acceptors (Lipinski definition) is 12. The number of nitrogens with one attached hydrogen (secondary N) is 1. The fourth-order valence-corrected chi connectivity index (χ4v) is 8.84. The molecule has 1 N–H and O–H groups in total. The lowest BCUT2D eigenvalue weighted by Crippen LogP contribution is -2.43. The Balaban J connectivity index is 1.30. The largest absolute Gasteiger partial charge is 0.461 e. The minimum Gasteiger partial charge on any atom is -0.461 e. The number of rotatable bonds is 6. The number of nitriles is 1. The maximum absolute atomic E-state index is 17.4. The van der Waals surface area contributed by atoms with Crippen LogP contribution in [-0.2, 0) is 27.4 Å². The zero-order chi connectivity index (χ0) is 35.7. The van der Waals surface area contributed by atoms with Crippen molar-refractivity contribution >= 4 is 49.2 Å². The summed E-state index contributed by atoms with van der Waals surface area (Å²) < 4.78 is 70.5. The van der Waals surface area contributed by atoms with Crippen LogP contribution in [0.25, 0.3) is 32.2 Å². The van der Waals surface area contributed by atoms with Crippen molar-refractivity contribution in [2.75, 3.05) is 56.2 Å². The maximum atomic E-state index is 17.4. The van der Waals surface area contributed by atoms with E-state index in [9.17, 15) is 14.4 Å². The highest BCUT2D eigenvalue weighted by molar-refractivity contribution is 7.23. The van der Waals surface area contributed by atoms with Gasteiger partial charge in [-0.1, -0.05) is 0 Å². The first kappa shape index (κ1) is 33.8. The minimum atomic E-state index is -0.951. The van der Waals surface area contributed by atoms with Crippen molar-refractivity contribution in [3.05, 3.63) is 34.5 Å². The molecule has 51 heavy (non-hydrogen) atoms. The van der Waals surface area contributed by atoms with Crippen molar-refractivity contribution in [3.63, 3.8) is 0 Å². The molecule has 0 unspecified atom stereocenters. The number of anilines is 2. The highest BCUT2D eigenvalue weighted by Gasteiger charge is 2.49. The Kier molecular flexibility index (Phi) is 8.44. The molecule has 12 nitrogen and oxygen atoms in total. The van der Waals surface area contributed by atoms with Crippen LogP contribution in [0, 0.1) is 23.0 Å². The van der Waals surface area contributed by atoms with Gasteiger partial charge in [-0.2, -0.15) is 15.2 Å². The number of pyridine rings is 1. The predicted octanol–water partition coefficient (Wildman–Crippen LogP) is 6.23. The third-order valence-corrected chi connectivity index (χ3v) is 11.0. The van der Waals surface area contributed by atoms with Crippen molar-refractivity contribution in [2.24, 2.45) is 0 Å². The molecular formula is C35H36F3N7O5S. The van der Waals surface area contributed by atoms with Crippen LogP contribution in [0.3, 0.4) is 0 Å². The van der Waals surface area contributed by atoms with Crippen molar-refractivity contribution in [1.82, 2.24) is 19.9 Å². The number of nitrogens with zero attached hydrogens (tertiary/aromatic N) is 6. The molecule has 268 valence electrons. The number of ether oxygens (including phenoxy) is 4. The number of morpholine rings is 1. The molecule has 0 bridgehead atoms. The topological polar surface area (TPSA) is 135 Å². The molecule has 0 spiro atoms. The van der Waals surface area contributed by atoms with Gasteiger partial charge in [-0.05, 0) is 51.3 Å². The van der Waals surface area contributed by atoms with E-state index in [0.29, 0.717) is 61.6 Å². The van der Waals surface area contributed by atoms with Gasteiger partial charge in [-0.25, -0.2) is 18.0 Å². The third-order valence-electron chi connectivity index (χ3n) is 9.93. The lowest BCUT2D eigenvalue weighted by Gasteiger charge is -2.32. The van der Waals surface area contributed by atoms with E-state index in [1.807, 2.05) is 4.90 Å². The molecule has 3 fully saturated rings. The highest BCUT2D eigenvalue weighted by atomic mass is 32.1. The molecule has 4 aromatic rings. The number of fused-ring (bicyclic) bond motifs is 5. The Morgan fingerprint density at radius 1 is 1.16 bits per heavy atom. The number of benzene rings is 1.